The molecule has 1 amide bonds. The summed E-state index contributed by atoms with van der Waals surface area (Å²) in [5.74, 6) is -1.10. The zero-order valence-electron chi connectivity index (χ0n) is 14.9. The number of rotatable bonds is 5. The second kappa shape index (κ2) is 8.42. The van der Waals surface area contributed by atoms with E-state index in [1.54, 1.807) is 0 Å². The number of alkyl halides is 3. The zero-order chi connectivity index (χ0) is 21.9. The summed E-state index contributed by atoms with van der Waals surface area (Å²) >= 11 is 5.75. The highest BCUT2D eigenvalue weighted by atomic mass is 35.5. The standard InChI is InChI=1S/C20H12ClF3N2O4/c21-13-4-7-16(8-5-13)30-18-9-6-14(11-17(18)20(22,23)24)25-19(27)12-2-1-3-15(10-12)26(28)29/h1-11H,(H,25,27). The van der Waals surface area contributed by atoms with Crippen LogP contribution in [-0.4, -0.2) is 10.8 Å². The number of halogens is 4. The van der Waals surface area contributed by atoms with Crippen LogP contribution in [0.25, 0.3) is 0 Å². The van der Waals surface area contributed by atoms with Gasteiger partial charge in [0.05, 0.1) is 4.92 Å². The van der Waals surface area contributed by atoms with Crippen molar-refractivity contribution in [1.82, 2.24) is 0 Å². The number of nitro groups is 1. The van der Waals surface area contributed by atoms with Crippen molar-refractivity contribution in [2.24, 2.45) is 0 Å². The summed E-state index contributed by atoms with van der Waals surface area (Å²) in [7, 11) is 0. The quantitative estimate of drug-likeness (QED) is 0.375. The van der Waals surface area contributed by atoms with Crippen LogP contribution in [0.4, 0.5) is 24.5 Å². The van der Waals surface area contributed by atoms with Gasteiger partial charge in [-0.15, -0.1) is 0 Å². The van der Waals surface area contributed by atoms with Crippen molar-refractivity contribution in [2.45, 2.75) is 6.18 Å². The Kier molecular flexibility index (Phi) is 5.93. The molecule has 10 heteroatoms. The molecule has 30 heavy (non-hydrogen) atoms. The number of anilines is 1. The van der Waals surface area contributed by atoms with Crippen LogP contribution in [0.2, 0.25) is 5.02 Å². The molecule has 0 atom stereocenters. The molecular formula is C20H12ClF3N2O4. The number of amides is 1. The number of non-ortho nitro benzene ring substituents is 1. The molecule has 0 aliphatic carbocycles. The highest BCUT2D eigenvalue weighted by molar-refractivity contribution is 6.30. The molecule has 0 saturated carbocycles. The Hall–Kier alpha value is -3.59. The van der Waals surface area contributed by atoms with E-state index in [-0.39, 0.29) is 22.7 Å². The first-order chi connectivity index (χ1) is 14.1. The average Bonchev–Trinajstić information content (AvgIpc) is 2.70. The number of nitrogens with zero attached hydrogens (tertiary/aromatic N) is 1. The molecule has 0 heterocycles. The Morgan fingerprint density at radius 2 is 1.73 bits per heavy atom. The van der Waals surface area contributed by atoms with Crippen molar-refractivity contribution >= 4 is 28.9 Å². The summed E-state index contributed by atoms with van der Waals surface area (Å²) in [6.45, 7) is 0. The van der Waals surface area contributed by atoms with E-state index in [1.807, 2.05) is 0 Å². The predicted molar refractivity (Wildman–Crippen MR) is 104 cm³/mol. The maximum atomic E-state index is 13.5. The molecule has 0 unspecified atom stereocenters. The fraction of sp³-hybridized carbons (Fsp3) is 0.0500. The summed E-state index contributed by atoms with van der Waals surface area (Å²) in [4.78, 5) is 22.4. The third-order valence-corrected chi connectivity index (χ3v) is 4.16. The summed E-state index contributed by atoms with van der Waals surface area (Å²) in [5, 5.41) is 13.5. The van der Waals surface area contributed by atoms with Gasteiger partial charge >= 0.3 is 6.18 Å². The molecule has 3 aromatic carbocycles. The lowest BCUT2D eigenvalue weighted by atomic mass is 10.1. The van der Waals surface area contributed by atoms with Crippen LogP contribution in [-0.2, 0) is 6.18 Å². The average molecular weight is 437 g/mol. The van der Waals surface area contributed by atoms with Gasteiger partial charge in [-0.25, -0.2) is 0 Å². The second-order valence-corrected chi connectivity index (χ2v) is 6.46. The Labute approximate surface area is 173 Å². The number of carbonyl (C=O) groups excluding carboxylic acids is 1. The van der Waals surface area contributed by atoms with E-state index >= 15 is 0 Å². The molecule has 0 aromatic heterocycles. The van der Waals surface area contributed by atoms with Crippen molar-refractivity contribution in [2.75, 3.05) is 5.32 Å². The second-order valence-electron chi connectivity index (χ2n) is 6.03. The maximum absolute atomic E-state index is 13.5. The smallest absolute Gasteiger partial charge is 0.420 e. The monoisotopic (exact) mass is 436 g/mol. The summed E-state index contributed by atoms with van der Waals surface area (Å²) in [6, 6.07) is 13.6. The Balaban J connectivity index is 1.87. The van der Waals surface area contributed by atoms with Crippen molar-refractivity contribution in [3.63, 3.8) is 0 Å². The van der Waals surface area contributed by atoms with Crippen molar-refractivity contribution < 1.29 is 27.6 Å². The predicted octanol–water partition coefficient (Wildman–Crippen LogP) is 6.31. The highest BCUT2D eigenvalue weighted by Crippen LogP contribution is 2.40. The third-order valence-electron chi connectivity index (χ3n) is 3.90. The van der Waals surface area contributed by atoms with Crippen molar-refractivity contribution in [3.05, 3.63) is 93.0 Å². The van der Waals surface area contributed by atoms with Gasteiger partial charge in [-0.1, -0.05) is 17.7 Å². The highest BCUT2D eigenvalue weighted by Gasteiger charge is 2.35. The minimum atomic E-state index is -4.76. The maximum Gasteiger partial charge on any atom is 0.420 e. The molecule has 3 rings (SSSR count). The third kappa shape index (κ3) is 5.06. The molecule has 0 spiro atoms. The van der Waals surface area contributed by atoms with Gasteiger partial charge in [-0.05, 0) is 48.5 Å². The number of ether oxygens (including phenoxy) is 1. The van der Waals surface area contributed by atoms with Gasteiger partial charge in [0.25, 0.3) is 11.6 Å². The van der Waals surface area contributed by atoms with Gasteiger partial charge in [-0.3, -0.25) is 14.9 Å². The van der Waals surface area contributed by atoms with Crippen molar-refractivity contribution in [3.8, 4) is 11.5 Å². The van der Waals surface area contributed by atoms with Gasteiger partial charge in [-0.2, -0.15) is 13.2 Å². The van der Waals surface area contributed by atoms with Crippen LogP contribution < -0.4 is 10.1 Å². The van der Waals surface area contributed by atoms with Crippen LogP contribution in [0.5, 0.6) is 11.5 Å². The first kappa shape index (κ1) is 21.1. The van der Waals surface area contributed by atoms with Gasteiger partial charge in [0.15, 0.2) is 0 Å². The fourth-order valence-corrected chi connectivity index (χ4v) is 2.64. The molecule has 6 nitrogen and oxygen atoms in total. The Morgan fingerprint density at radius 1 is 1.03 bits per heavy atom. The van der Waals surface area contributed by atoms with Gasteiger partial charge in [0, 0.05) is 28.4 Å². The SMILES string of the molecule is O=C(Nc1ccc(Oc2ccc(Cl)cc2)c(C(F)(F)F)c1)c1cccc([N+](=O)[O-])c1. The van der Waals surface area contributed by atoms with Crippen LogP contribution in [0.1, 0.15) is 15.9 Å². The molecule has 0 bridgehead atoms. The summed E-state index contributed by atoms with van der Waals surface area (Å²) < 4.78 is 45.8. The van der Waals surface area contributed by atoms with E-state index in [0.717, 1.165) is 18.2 Å². The number of nitro benzene ring substituents is 1. The van der Waals surface area contributed by atoms with E-state index in [4.69, 9.17) is 16.3 Å². The van der Waals surface area contributed by atoms with Gasteiger partial charge < -0.3 is 10.1 Å². The molecule has 0 saturated heterocycles. The van der Waals surface area contributed by atoms with E-state index in [0.29, 0.717) is 5.02 Å². The summed E-state index contributed by atoms with van der Waals surface area (Å²) in [5.41, 5.74) is -1.64. The normalized spacial score (nSPS) is 11.1. The lowest BCUT2D eigenvalue weighted by molar-refractivity contribution is -0.384. The lowest BCUT2D eigenvalue weighted by Gasteiger charge is -2.15. The van der Waals surface area contributed by atoms with Crippen LogP contribution >= 0.6 is 11.6 Å². The first-order valence-corrected chi connectivity index (χ1v) is 8.72. The minimum absolute atomic E-state index is 0.0701. The largest absolute Gasteiger partial charge is 0.457 e. The number of benzene rings is 3. The topological polar surface area (TPSA) is 81.5 Å². The van der Waals surface area contributed by atoms with Gasteiger partial charge in [0.2, 0.25) is 0 Å². The van der Waals surface area contributed by atoms with Gasteiger partial charge in [0.1, 0.15) is 17.1 Å². The number of hydrogen-bond donors (Lipinski definition) is 1. The molecule has 0 aliphatic heterocycles. The van der Waals surface area contributed by atoms with Crippen molar-refractivity contribution in [1.29, 1.82) is 0 Å². The first-order valence-electron chi connectivity index (χ1n) is 8.34. The molecule has 0 aliphatic rings. The van der Waals surface area contributed by atoms with E-state index in [9.17, 15) is 28.1 Å². The van der Waals surface area contributed by atoms with Crippen LogP contribution in [0.3, 0.4) is 0 Å². The molecule has 1 N–H and O–H groups in total. The van der Waals surface area contributed by atoms with Crippen LogP contribution in [0.15, 0.2) is 66.7 Å². The minimum Gasteiger partial charge on any atom is -0.457 e. The fourth-order valence-electron chi connectivity index (χ4n) is 2.51. The van der Waals surface area contributed by atoms with E-state index in [2.05, 4.69) is 5.32 Å². The molecule has 154 valence electrons. The molecule has 0 fully saturated rings. The summed E-state index contributed by atoms with van der Waals surface area (Å²) in [6.07, 6.45) is -4.76. The number of carbonyl (C=O) groups is 1. The lowest BCUT2D eigenvalue weighted by Crippen LogP contribution is -2.14. The Morgan fingerprint density at radius 3 is 2.37 bits per heavy atom. The number of hydrogen-bond acceptors (Lipinski definition) is 4. The number of nitrogens with one attached hydrogen (secondary N) is 1. The Bertz CT molecular complexity index is 1100. The molecule has 3 aromatic rings. The molecule has 0 radical (unpaired) electrons. The van der Waals surface area contributed by atoms with Crippen LogP contribution in [0, 0.1) is 10.1 Å². The van der Waals surface area contributed by atoms with E-state index < -0.39 is 28.3 Å². The molecular weight excluding hydrogens is 425 g/mol. The zero-order valence-corrected chi connectivity index (χ0v) is 15.7. The van der Waals surface area contributed by atoms with E-state index in [1.165, 1.54) is 48.5 Å².